The second-order valence-corrected chi connectivity index (χ2v) is 10.3. The maximum absolute atomic E-state index is 14.9. The number of aliphatic hydroxyl groups is 1. The number of rotatable bonds is 6. The van der Waals surface area contributed by atoms with Gasteiger partial charge in [0.2, 0.25) is 0 Å². The second kappa shape index (κ2) is 7.94. The molecule has 2 fully saturated rings. The first-order valence-corrected chi connectivity index (χ1v) is 11.1. The molecule has 1 aromatic rings. The fourth-order valence-electron chi connectivity index (χ4n) is 3.71. The SMILES string of the molecule is CN(C)S(=O)(=O)N[C@@H]1[C@H](Cc2cccc(Cl)c2F)N(C(=O)C2(O)CCC2)CC1(F)F. The van der Waals surface area contributed by atoms with Crippen molar-refractivity contribution >= 4 is 27.7 Å². The zero-order valence-electron chi connectivity index (χ0n) is 16.4. The normalized spacial score (nSPS) is 25.4. The summed E-state index contributed by atoms with van der Waals surface area (Å²) in [5, 5.41) is 10.2. The van der Waals surface area contributed by atoms with Crippen LogP contribution >= 0.6 is 11.6 Å². The fourth-order valence-corrected chi connectivity index (χ4v) is 4.76. The van der Waals surface area contributed by atoms with Gasteiger partial charge in [-0.05, 0) is 37.3 Å². The van der Waals surface area contributed by atoms with Gasteiger partial charge in [-0.15, -0.1) is 0 Å². The van der Waals surface area contributed by atoms with Crippen LogP contribution in [0.4, 0.5) is 13.2 Å². The first kappa shape index (κ1) is 23.3. The Morgan fingerprint density at radius 3 is 2.53 bits per heavy atom. The van der Waals surface area contributed by atoms with E-state index in [4.69, 9.17) is 11.6 Å². The Kier molecular flexibility index (Phi) is 6.16. The highest BCUT2D eigenvalue weighted by atomic mass is 35.5. The van der Waals surface area contributed by atoms with Gasteiger partial charge < -0.3 is 10.0 Å². The number of hydrogen-bond acceptors (Lipinski definition) is 4. The van der Waals surface area contributed by atoms with Gasteiger partial charge in [-0.2, -0.15) is 17.4 Å². The van der Waals surface area contributed by atoms with Crippen LogP contribution in [-0.2, 0) is 21.4 Å². The van der Waals surface area contributed by atoms with Gasteiger partial charge in [0, 0.05) is 14.1 Å². The topological polar surface area (TPSA) is 90.0 Å². The van der Waals surface area contributed by atoms with E-state index in [1.807, 2.05) is 4.72 Å². The Labute approximate surface area is 178 Å². The van der Waals surface area contributed by atoms with Crippen LogP contribution < -0.4 is 4.72 Å². The minimum Gasteiger partial charge on any atom is -0.380 e. The molecule has 0 bridgehead atoms. The molecule has 1 saturated heterocycles. The molecule has 30 heavy (non-hydrogen) atoms. The summed E-state index contributed by atoms with van der Waals surface area (Å²) < 4.78 is 71.5. The number of nitrogens with zero attached hydrogens (tertiary/aromatic N) is 2. The Morgan fingerprint density at radius 2 is 2.00 bits per heavy atom. The van der Waals surface area contributed by atoms with E-state index in [-0.39, 0.29) is 23.4 Å². The van der Waals surface area contributed by atoms with Crippen LogP contribution in [0.15, 0.2) is 18.2 Å². The summed E-state index contributed by atoms with van der Waals surface area (Å²) in [7, 11) is -1.95. The largest absolute Gasteiger partial charge is 0.380 e. The lowest BCUT2D eigenvalue weighted by atomic mass is 9.79. The molecule has 3 rings (SSSR count). The lowest BCUT2D eigenvalue weighted by Gasteiger charge is -2.40. The smallest absolute Gasteiger partial charge is 0.283 e. The average molecular weight is 470 g/mol. The van der Waals surface area contributed by atoms with Crippen molar-refractivity contribution in [2.24, 2.45) is 0 Å². The van der Waals surface area contributed by atoms with Gasteiger partial charge in [-0.25, -0.2) is 13.2 Å². The number of likely N-dealkylation sites (tertiary alicyclic amines) is 1. The lowest BCUT2D eigenvalue weighted by Crippen LogP contribution is -2.58. The molecule has 2 atom stereocenters. The van der Waals surface area contributed by atoms with E-state index >= 15 is 0 Å². The maximum atomic E-state index is 14.9. The van der Waals surface area contributed by atoms with Crippen molar-refractivity contribution in [3.63, 3.8) is 0 Å². The molecule has 0 aromatic heterocycles. The van der Waals surface area contributed by atoms with Gasteiger partial charge in [0.15, 0.2) is 0 Å². The van der Waals surface area contributed by atoms with Gasteiger partial charge in [-0.3, -0.25) is 4.79 Å². The van der Waals surface area contributed by atoms with Crippen LogP contribution in [0.2, 0.25) is 5.02 Å². The number of carbonyl (C=O) groups is 1. The highest BCUT2D eigenvalue weighted by Gasteiger charge is 2.60. The fraction of sp³-hybridized carbons (Fsp3) is 0.611. The van der Waals surface area contributed by atoms with Crippen LogP contribution in [0, 0.1) is 5.82 Å². The third kappa shape index (κ3) is 4.18. The summed E-state index contributed by atoms with van der Waals surface area (Å²) in [5.74, 6) is -5.38. The van der Waals surface area contributed by atoms with Gasteiger partial charge in [-0.1, -0.05) is 23.7 Å². The number of carbonyl (C=O) groups excluding carboxylic acids is 1. The Bertz CT molecular complexity index is 941. The van der Waals surface area contributed by atoms with E-state index in [1.165, 1.54) is 32.3 Å². The summed E-state index contributed by atoms with van der Waals surface area (Å²) >= 11 is 5.78. The molecular formula is C18H23ClF3N3O4S. The van der Waals surface area contributed by atoms with Crippen LogP contribution in [-0.4, -0.2) is 72.9 Å². The molecule has 0 radical (unpaired) electrons. The van der Waals surface area contributed by atoms with Gasteiger partial charge >= 0.3 is 0 Å². The zero-order valence-corrected chi connectivity index (χ0v) is 18.0. The zero-order chi connectivity index (χ0) is 22.5. The number of amides is 1. The molecule has 1 saturated carbocycles. The van der Waals surface area contributed by atoms with Crippen molar-refractivity contribution in [2.75, 3.05) is 20.6 Å². The predicted octanol–water partition coefficient (Wildman–Crippen LogP) is 1.55. The molecule has 1 aliphatic heterocycles. The maximum Gasteiger partial charge on any atom is 0.283 e. The van der Waals surface area contributed by atoms with E-state index in [2.05, 4.69) is 0 Å². The molecular weight excluding hydrogens is 447 g/mol. The minimum atomic E-state index is -4.29. The van der Waals surface area contributed by atoms with Crippen molar-refractivity contribution in [2.45, 2.75) is 49.3 Å². The first-order valence-electron chi connectivity index (χ1n) is 9.32. The lowest BCUT2D eigenvalue weighted by molar-refractivity contribution is -0.162. The van der Waals surface area contributed by atoms with E-state index in [9.17, 15) is 31.5 Å². The average Bonchev–Trinajstić information content (AvgIpc) is 2.86. The van der Waals surface area contributed by atoms with Gasteiger partial charge in [0.05, 0.1) is 17.6 Å². The quantitative estimate of drug-likeness (QED) is 0.661. The van der Waals surface area contributed by atoms with Crippen LogP contribution in [0.3, 0.4) is 0 Å². The molecule has 1 amide bonds. The van der Waals surface area contributed by atoms with Gasteiger partial charge in [0.25, 0.3) is 22.0 Å². The molecule has 7 nitrogen and oxygen atoms in total. The Hall–Kier alpha value is -1.40. The third-order valence-corrected chi connectivity index (χ3v) is 7.48. The summed E-state index contributed by atoms with van der Waals surface area (Å²) in [6.45, 7) is -1.10. The van der Waals surface area contributed by atoms with Crippen molar-refractivity contribution in [1.29, 1.82) is 0 Å². The predicted molar refractivity (Wildman–Crippen MR) is 104 cm³/mol. The third-order valence-electron chi connectivity index (χ3n) is 5.68. The Balaban J connectivity index is 2.02. The van der Waals surface area contributed by atoms with Crippen LogP contribution in [0.1, 0.15) is 24.8 Å². The minimum absolute atomic E-state index is 0.0438. The number of nitrogens with one attached hydrogen (secondary N) is 1. The highest BCUT2D eigenvalue weighted by Crippen LogP contribution is 2.40. The van der Waals surface area contributed by atoms with Crippen molar-refractivity contribution in [1.82, 2.24) is 13.9 Å². The summed E-state index contributed by atoms with van der Waals surface area (Å²) in [5.41, 5.74) is -1.81. The molecule has 2 aliphatic rings. The molecule has 1 heterocycles. The monoisotopic (exact) mass is 469 g/mol. The van der Waals surface area contributed by atoms with E-state index in [0.29, 0.717) is 6.42 Å². The molecule has 168 valence electrons. The van der Waals surface area contributed by atoms with E-state index in [0.717, 1.165) is 9.21 Å². The van der Waals surface area contributed by atoms with Crippen LogP contribution in [0.5, 0.6) is 0 Å². The van der Waals surface area contributed by atoms with Crippen molar-refractivity contribution in [3.8, 4) is 0 Å². The van der Waals surface area contributed by atoms with Crippen molar-refractivity contribution in [3.05, 3.63) is 34.6 Å². The summed E-state index contributed by atoms with van der Waals surface area (Å²) in [4.78, 5) is 13.6. The number of hydrogen-bond donors (Lipinski definition) is 2. The molecule has 0 spiro atoms. The number of alkyl halides is 2. The number of benzene rings is 1. The first-order chi connectivity index (χ1) is 13.8. The number of halogens is 4. The van der Waals surface area contributed by atoms with Crippen LogP contribution in [0.25, 0.3) is 0 Å². The molecule has 0 unspecified atom stereocenters. The Morgan fingerprint density at radius 1 is 1.37 bits per heavy atom. The second-order valence-electron chi connectivity index (χ2n) is 7.95. The molecule has 12 heteroatoms. The van der Waals surface area contributed by atoms with Gasteiger partial charge in [0.1, 0.15) is 17.5 Å². The van der Waals surface area contributed by atoms with Crippen molar-refractivity contribution < 1.29 is 31.5 Å². The summed E-state index contributed by atoms with van der Waals surface area (Å²) in [6.07, 6.45) is 0.404. The van der Waals surface area contributed by atoms with E-state index in [1.54, 1.807) is 0 Å². The standard InChI is InChI=1S/C18H23ClF3N3O4S/c1-24(2)30(28,29)23-15-13(9-11-5-3-6-12(19)14(11)20)25(10-18(15,21)22)16(26)17(27)7-4-8-17/h3,5-6,13,15,23,27H,4,7-10H2,1-2H3/t13-,15+/m0/s1. The highest BCUT2D eigenvalue weighted by molar-refractivity contribution is 7.87. The molecule has 2 N–H and O–H groups in total. The van der Waals surface area contributed by atoms with E-state index < -0.39 is 58.5 Å². The summed E-state index contributed by atoms with van der Waals surface area (Å²) in [6, 6.07) is 0.597. The molecule has 1 aromatic carbocycles. The molecule has 1 aliphatic carbocycles.